The van der Waals surface area contributed by atoms with Gasteiger partial charge >= 0.3 is 0 Å². The Morgan fingerprint density at radius 3 is 2.74 bits per heavy atom. The molecule has 1 aromatic carbocycles. The second-order valence-corrected chi connectivity index (χ2v) is 5.65. The monoisotopic (exact) mass is 361 g/mol. The summed E-state index contributed by atoms with van der Waals surface area (Å²) in [6, 6.07) is 3.56. The number of aliphatic imine (C=N–C) groups is 1. The number of hydrogen-bond donors (Lipinski definition) is 1. The van der Waals surface area contributed by atoms with Gasteiger partial charge in [-0.05, 0) is 25.0 Å². The van der Waals surface area contributed by atoms with Crippen LogP contribution in [-0.2, 0) is 11.3 Å². The Morgan fingerprint density at radius 2 is 2.05 bits per heavy atom. The van der Waals surface area contributed by atoms with E-state index in [1.807, 2.05) is 11.0 Å². The summed E-state index contributed by atoms with van der Waals surface area (Å²) in [4.78, 5) is 18.4. The van der Waals surface area contributed by atoms with Gasteiger partial charge in [-0.3, -0.25) is 10.1 Å². The minimum atomic E-state index is -0.373. The zero-order valence-corrected chi connectivity index (χ0v) is 13.0. The van der Waals surface area contributed by atoms with Gasteiger partial charge in [0.1, 0.15) is 5.54 Å². The Kier molecular flexibility index (Phi) is 2.86. The van der Waals surface area contributed by atoms with Crippen LogP contribution >= 0.6 is 40.2 Å². The number of nitrogens with one attached hydrogen (secondary N) is 1. The Balaban J connectivity index is 0.00000110. The molecule has 4 nitrogen and oxygen atoms in total. The van der Waals surface area contributed by atoms with Crippen molar-refractivity contribution in [3.05, 3.63) is 27.7 Å². The predicted octanol–water partition coefficient (Wildman–Crippen LogP) is 3.04. The maximum atomic E-state index is 11.9. The molecule has 0 unspecified atom stereocenters. The highest BCUT2D eigenvalue weighted by atomic mass is 79.9. The van der Waals surface area contributed by atoms with E-state index in [0.29, 0.717) is 22.5 Å². The summed E-state index contributed by atoms with van der Waals surface area (Å²) in [6.07, 6.45) is 1.76. The molecule has 1 aromatic rings. The SMILES string of the molecule is Br.O=C1NC2=Nc3ccc(Cl)c(Cl)c3CN2C12CC2. The summed E-state index contributed by atoms with van der Waals surface area (Å²) in [5.41, 5.74) is 1.31. The number of fused-ring (bicyclic) bond motifs is 3. The summed E-state index contributed by atoms with van der Waals surface area (Å²) in [7, 11) is 0. The van der Waals surface area contributed by atoms with Crippen molar-refractivity contribution in [3.8, 4) is 0 Å². The fourth-order valence-electron chi connectivity index (χ4n) is 2.65. The highest BCUT2D eigenvalue weighted by Crippen LogP contribution is 2.49. The first kappa shape index (κ1) is 13.2. The summed E-state index contributed by atoms with van der Waals surface area (Å²) in [5, 5.41) is 3.90. The number of hydrogen-bond acceptors (Lipinski definition) is 3. The fraction of sp³-hybridized carbons (Fsp3) is 0.333. The van der Waals surface area contributed by atoms with E-state index in [1.165, 1.54) is 0 Å². The minimum absolute atomic E-state index is 0. The van der Waals surface area contributed by atoms with E-state index in [1.54, 1.807) is 6.07 Å². The third-order valence-corrected chi connectivity index (χ3v) is 4.70. The molecule has 2 aliphatic heterocycles. The van der Waals surface area contributed by atoms with Gasteiger partial charge in [0.05, 0.1) is 22.3 Å². The van der Waals surface area contributed by atoms with Crippen molar-refractivity contribution >= 4 is 57.7 Å². The largest absolute Gasteiger partial charge is 0.323 e. The first-order chi connectivity index (χ1) is 8.62. The van der Waals surface area contributed by atoms with Crippen LogP contribution in [0.15, 0.2) is 17.1 Å². The molecule has 1 aliphatic carbocycles. The molecular weight excluding hydrogens is 353 g/mol. The van der Waals surface area contributed by atoms with Gasteiger partial charge in [-0.15, -0.1) is 17.0 Å². The summed E-state index contributed by atoms with van der Waals surface area (Å²) in [6.45, 7) is 0.590. The van der Waals surface area contributed by atoms with Crippen molar-refractivity contribution in [1.29, 1.82) is 0 Å². The Morgan fingerprint density at radius 1 is 1.32 bits per heavy atom. The highest BCUT2D eigenvalue weighted by Gasteiger charge is 2.61. The molecule has 0 bridgehead atoms. The van der Waals surface area contributed by atoms with Crippen LogP contribution < -0.4 is 5.32 Å². The minimum Gasteiger partial charge on any atom is -0.323 e. The van der Waals surface area contributed by atoms with Gasteiger partial charge < -0.3 is 4.90 Å². The first-order valence-corrected chi connectivity index (χ1v) is 6.52. The maximum absolute atomic E-state index is 11.9. The number of carbonyl (C=O) groups is 1. The summed E-state index contributed by atoms with van der Waals surface area (Å²) < 4.78 is 0. The van der Waals surface area contributed by atoms with Gasteiger partial charge in [-0.1, -0.05) is 23.2 Å². The van der Waals surface area contributed by atoms with Crippen LogP contribution in [-0.4, -0.2) is 22.3 Å². The van der Waals surface area contributed by atoms with E-state index in [9.17, 15) is 4.79 Å². The van der Waals surface area contributed by atoms with Crippen molar-refractivity contribution in [2.75, 3.05) is 0 Å². The molecule has 19 heavy (non-hydrogen) atoms. The van der Waals surface area contributed by atoms with E-state index in [4.69, 9.17) is 23.2 Å². The van der Waals surface area contributed by atoms with E-state index < -0.39 is 0 Å². The molecule has 0 atom stereocenters. The first-order valence-electron chi connectivity index (χ1n) is 5.76. The quantitative estimate of drug-likeness (QED) is 0.770. The average Bonchev–Trinajstić information content (AvgIpc) is 3.10. The number of nitrogens with zero attached hydrogens (tertiary/aromatic N) is 2. The van der Waals surface area contributed by atoms with Crippen LogP contribution in [0, 0.1) is 0 Å². The molecule has 1 saturated heterocycles. The number of benzene rings is 1. The van der Waals surface area contributed by atoms with E-state index in [2.05, 4.69) is 10.3 Å². The van der Waals surface area contributed by atoms with Crippen LogP contribution in [0.2, 0.25) is 10.0 Å². The van der Waals surface area contributed by atoms with Gasteiger partial charge in [-0.2, -0.15) is 0 Å². The molecule has 0 aromatic heterocycles. The Labute approximate surface area is 130 Å². The van der Waals surface area contributed by atoms with Crippen LogP contribution in [0.1, 0.15) is 18.4 Å². The third kappa shape index (κ3) is 1.65. The van der Waals surface area contributed by atoms with Crippen LogP contribution in [0.5, 0.6) is 0 Å². The molecule has 1 N–H and O–H groups in total. The molecular formula is C12H10BrCl2N3O. The lowest BCUT2D eigenvalue weighted by molar-refractivity contribution is -0.122. The smallest absolute Gasteiger partial charge is 0.252 e. The number of rotatable bonds is 0. The Bertz CT molecular complexity index is 628. The number of halogens is 3. The average molecular weight is 363 g/mol. The molecule has 2 fully saturated rings. The van der Waals surface area contributed by atoms with Crippen molar-refractivity contribution in [2.45, 2.75) is 24.9 Å². The zero-order chi connectivity index (χ0) is 12.5. The number of carbonyl (C=O) groups excluding carboxylic acids is 1. The van der Waals surface area contributed by atoms with Gasteiger partial charge in [-0.25, -0.2) is 4.99 Å². The van der Waals surface area contributed by atoms with Gasteiger partial charge in [0, 0.05) is 5.56 Å². The van der Waals surface area contributed by atoms with Crippen molar-refractivity contribution < 1.29 is 4.79 Å². The van der Waals surface area contributed by atoms with E-state index >= 15 is 0 Å². The summed E-state index contributed by atoms with van der Waals surface area (Å²) in [5.74, 6) is 0.694. The molecule has 100 valence electrons. The fourth-order valence-corrected chi connectivity index (χ4v) is 3.05. The lowest BCUT2D eigenvalue weighted by atomic mass is 10.1. The molecule has 2 heterocycles. The lowest BCUT2D eigenvalue weighted by Gasteiger charge is -2.28. The molecule has 1 spiro atoms. The molecule has 3 aliphatic rings. The number of guanidine groups is 1. The maximum Gasteiger partial charge on any atom is 0.252 e. The normalized spacial score (nSPS) is 21.3. The standard InChI is InChI=1S/C12H9Cl2N3O.BrH/c13-7-1-2-8-6(9(7)14)5-17-11(15-8)16-10(18)12(17)3-4-12;/h1-2H,3-5H2,(H,15,16,18);1H. The van der Waals surface area contributed by atoms with Gasteiger partial charge in [0.15, 0.2) is 0 Å². The van der Waals surface area contributed by atoms with Crippen molar-refractivity contribution in [2.24, 2.45) is 4.99 Å². The molecule has 0 radical (unpaired) electrons. The molecule has 1 saturated carbocycles. The topological polar surface area (TPSA) is 44.7 Å². The second kappa shape index (κ2) is 4.11. The number of amides is 1. The third-order valence-electron chi connectivity index (χ3n) is 3.86. The summed E-state index contributed by atoms with van der Waals surface area (Å²) >= 11 is 12.2. The highest BCUT2D eigenvalue weighted by molar-refractivity contribution is 8.93. The molecule has 7 heteroatoms. The van der Waals surface area contributed by atoms with Gasteiger partial charge in [0.25, 0.3) is 5.91 Å². The second-order valence-electron chi connectivity index (χ2n) is 4.87. The van der Waals surface area contributed by atoms with E-state index in [-0.39, 0.29) is 28.4 Å². The Hall–Kier alpha value is -0.780. The van der Waals surface area contributed by atoms with Crippen LogP contribution in [0.3, 0.4) is 0 Å². The van der Waals surface area contributed by atoms with E-state index in [0.717, 1.165) is 24.1 Å². The van der Waals surface area contributed by atoms with Crippen molar-refractivity contribution in [1.82, 2.24) is 10.2 Å². The zero-order valence-electron chi connectivity index (χ0n) is 9.74. The molecule has 1 amide bonds. The lowest BCUT2D eigenvalue weighted by Crippen LogP contribution is -2.38. The predicted molar refractivity (Wildman–Crippen MR) is 79.5 cm³/mol. The molecule has 4 rings (SSSR count). The van der Waals surface area contributed by atoms with Crippen molar-refractivity contribution in [3.63, 3.8) is 0 Å². The van der Waals surface area contributed by atoms with Crippen LogP contribution in [0.25, 0.3) is 0 Å². The van der Waals surface area contributed by atoms with Gasteiger partial charge in [0.2, 0.25) is 5.96 Å². The van der Waals surface area contributed by atoms with Crippen LogP contribution in [0.4, 0.5) is 5.69 Å².